The van der Waals surface area contributed by atoms with E-state index in [0.29, 0.717) is 0 Å². The van der Waals surface area contributed by atoms with E-state index in [1.54, 1.807) is 0 Å². The van der Waals surface area contributed by atoms with Crippen molar-refractivity contribution in [2.24, 2.45) is 0 Å². The second kappa shape index (κ2) is 13.2. The minimum Gasteiger partial charge on any atom is -1.00 e. The molecule has 0 spiro atoms. The Morgan fingerprint density at radius 3 is 1.64 bits per heavy atom. The van der Waals surface area contributed by atoms with Crippen molar-refractivity contribution < 1.29 is 131 Å². The number of hydrogen-bond acceptors (Lipinski definition) is 4. The molecule has 0 aromatic carbocycles. The van der Waals surface area contributed by atoms with Gasteiger partial charge in [0.25, 0.3) is 0 Å². The van der Waals surface area contributed by atoms with Gasteiger partial charge in [-0.15, -0.1) is 0 Å². The second-order valence-corrected chi connectivity index (χ2v) is 2.22. The molecule has 0 aliphatic rings. The zero-order chi connectivity index (χ0) is 9.56. The molecule has 0 unspecified atom stereocenters. The minimum absolute atomic E-state index is 0. The van der Waals surface area contributed by atoms with E-state index in [2.05, 4.69) is 0 Å². The first-order valence-electron chi connectivity index (χ1n) is 3.33. The average molecular weight is 257 g/mol. The normalized spacial score (nSPS) is 8.71. The van der Waals surface area contributed by atoms with Gasteiger partial charge in [0, 0.05) is 6.54 Å². The third kappa shape index (κ3) is 14.1. The number of aliphatic hydroxyl groups is 1. The van der Waals surface area contributed by atoms with E-state index in [-0.39, 0.29) is 132 Å². The Morgan fingerprint density at radius 2 is 1.43 bits per heavy atom. The van der Waals surface area contributed by atoms with Crippen molar-refractivity contribution in [3.63, 3.8) is 0 Å². The maximum atomic E-state index is 10.1. The summed E-state index contributed by atoms with van der Waals surface area (Å²) in [6, 6.07) is 0. The van der Waals surface area contributed by atoms with Gasteiger partial charge in [0.1, 0.15) is 0 Å². The molecule has 0 aromatic heterocycles. The van der Waals surface area contributed by atoms with Crippen LogP contribution in [0.2, 0.25) is 0 Å². The molecule has 6 nitrogen and oxygen atoms in total. The third-order valence-electron chi connectivity index (χ3n) is 1.13. The quantitative estimate of drug-likeness (QED) is 0.409. The van der Waals surface area contributed by atoms with Crippen molar-refractivity contribution in [3.05, 3.63) is 0 Å². The number of carboxylic acids is 2. The molecule has 0 radical (unpaired) electrons. The summed E-state index contributed by atoms with van der Waals surface area (Å²) in [5, 5.41) is 25.0. The fourth-order valence-corrected chi connectivity index (χ4v) is 0.738. The van der Waals surface area contributed by atoms with Crippen molar-refractivity contribution in [1.29, 1.82) is 0 Å². The Morgan fingerprint density at radius 1 is 1.07 bits per heavy atom. The van der Waals surface area contributed by atoms with Gasteiger partial charge >= 0.3 is 115 Å². The number of hydrogen-bond donors (Lipinski definition) is 3. The number of aliphatic carboxylic acids is 2. The zero-order valence-electron chi connectivity index (χ0n) is 10.4. The van der Waals surface area contributed by atoms with E-state index in [9.17, 15) is 9.59 Å². The maximum absolute atomic E-state index is 10.1. The van der Waals surface area contributed by atoms with Gasteiger partial charge in [-0.1, -0.05) is 0 Å². The largest absolute Gasteiger partial charge is 1.00 e. The first kappa shape index (κ1) is 21.4. The Kier molecular flexibility index (Phi) is 20.2. The Labute approximate surface area is 170 Å². The summed E-state index contributed by atoms with van der Waals surface area (Å²) in [5.41, 5.74) is 0. The van der Waals surface area contributed by atoms with Crippen LogP contribution in [0.3, 0.4) is 0 Å². The van der Waals surface area contributed by atoms with Gasteiger partial charge in [0.2, 0.25) is 0 Å². The zero-order valence-corrected chi connectivity index (χ0v) is 14.7. The van der Waals surface area contributed by atoms with Crippen LogP contribution in [-0.2, 0) is 9.59 Å². The topological polar surface area (TPSA) is 98.1 Å². The molecule has 74 valence electrons. The predicted octanol–water partition coefficient (Wildman–Crippen LogP) is -7.32. The molecule has 0 saturated heterocycles. The first-order chi connectivity index (χ1) is 5.56. The predicted molar refractivity (Wildman–Crippen MR) is 41.0 cm³/mol. The van der Waals surface area contributed by atoms with Crippen LogP contribution in [0.15, 0.2) is 0 Å². The summed E-state index contributed by atoms with van der Waals surface area (Å²) >= 11 is 0. The van der Waals surface area contributed by atoms with E-state index in [0.717, 1.165) is 4.90 Å². The van der Waals surface area contributed by atoms with Crippen LogP contribution in [0.4, 0.5) is 0 Å². The van der Waals surface area contributed by atoms with Gasteiger partial charge in [-0.05, 0) is 0 Å². The van der Waals surface area contributed by atoms with Crippen molar-refractivity contribution >= 4 is 11.9 Å². The molecule has 3 N–H and O–H groups in total. The molecule has 0 bridgehead atoms. The van der Waals surface area contributed by atoms with E-state index in [1.165, 1.54) is 0 Å². The van der Waals surface area contributed by atoms with Gasteiger partial charge in [0.05, 0.1) is 19.7 Å². The Bertz CT molecular complexity index is 170. The summed E-state index contributed by atoms with van der Waals surface area (Å²) in [4.78, 5) is 21.4. The van der Waals surface area contributed by atoms with Crippen LogP contribution in [0.25, 0.3) is 0 Å². The van der Waals surface area contributed by atoms with Gasteiger partial charge < -0.3 is 18.2 Å². The smallest absolute Gasteiger partial charge is 1.00 e. The van der Waals surface area contributed by atoms with Crippen LogP contribution in [0.5, 0.6) is 0 Å². The monoisotopic (exact) mass is 257 g/mol. The van der Waals surface area contributed by atoms with Crippen molar-refractivity contribution in [3.8, 4) is 0 Å². The first-order valence-corrected chi connectivity index (χ1v) is 3.33. The molecule has 0 saturated carbocycles. The van der Waals surface area contributed by atoms with Gasteiger partial charge in [-0.3, -0.25) is 14.5 Å². The molecular formula is C6H13K2NO5. The van der Waals surface area contributed by atoms with Crippen LogP contribution in [0, 0.1) is 0 Å². The molecular weight excluding hydrogens is 244 g/mol. The standard InChI is InChI=1S/C6H11NO5.2K.2H/c8-2-1-7(3-5(9)10)4-6(11)12;;;;/h8H,1-4H2,(H,9,10)(H,11,12);;;;/q;2*+1;2*-1. The number of nitrogens with zero attached hydrogens (tertiary/aromatic N) is 1. The van der Waals surface area contributed by atoms with E-state index in [4.69, 9.17) is 15.3 Å². The van der Waals surface area contributed by atoms with Gasteiger partial charge in [-0.2, -0.15) is 0 Å². The molecule has 0 amide bonds. The molecule has 0 aliphatic carbocycles. The molecule has 0 aliphatic heterocycles. The molecule has 0 rings (SSSR count). The second-order valence-electron chi connectivity index (χ2n) is 2.22. The van der Waals surface area contributed by atoms with Crippen molar-refractivity contribution in [2.45, 2.75) is 0 Å². The molecule has 14 heavy (non-hydrogen) atoms. The number of rotatable bonds is 6. The summed E-state index contributed by atoms with van der Waals surface area (Å²) in [6.45, 7) is -0.932. The van der Waals surface area contributed by atoms with Gasteiger partial charge in [-0.25, -0.2) is 0 Å². The van der Waals surface area contributed by atoms with Crippen LogP contribution >= 0.6 is 0 Å². The van der Waals surface area contributed by atoms with Crippen LogP contribution in [0.1, 0.15) is 2.85 Å². The Hall–Kier alpha value is 2.13. The molecule has 8 heteroatoms. The number of carbonyl (C=O) groups is 2. The summed E-state index contributed by atoms with van der Waals surface area (Å²) in [7, 11) is 0. The maximum Gasteiger partial charge on any atom is 1.00 e. The fourth-order valence-electron chi connectivity index (χ4n) is 0.738. The summed E-state index contributed by atoms with van der Waals surface area (Å²) in [5.74, 6) is -2.21. The fraction of sp³-hybridized carbons (Fsp3) is 0.667. The minimum atomic E-state index is -1.11. The van der Waals surface area contributed by atoms with Crippen LogP contribution < -0.4 is 103 Å². The molecule has 0 aromatic rings. The Balaban J connectivity index is -0.000000101. The summed E-state index contributed by atoms with van der Waals surface area (Å²) < 4.78 is 0. The number of aliphatic hydroxyl groups excluding tert-OH is 1. The van der Waals surface area contributed by atoms with Gasteiger partial charge in [0.15, 0.2) is 0 Å². The number of carboxylic acid groups (broad SMARTS) is 2. The molecule has 0 atom stereocenters. The van der Waals surface area contributed by atoms with E-state index in [1.807, 2.05) is 0 Å². The molecule has 0 fully saturated rings. The summed E-state index contributed by atoms with van der Waals surface area (Å²) in [6.07, 6.45) is 0. The van der Waals surface area contributed by atoms with E-state index < -0.39 is 11.9 Å². The molecule has 0 heterocycles. The van der Waals surface area contributed by atoms with Crippen LogP contribution in [-0.4, -0.2) is 58.4 Å². The van der Waals surface area contributed by atoms with Crippen molar-refractivity contribution in [1.82, 2.24) is 4.90 Å². The van der Waals surface area contributed by atoms with E-state index >= 15 is 0 Å². The third-order valence-corrected chi connectivity index (χ3v) is 1.13. The van der Waals surface area contributed by atoms with Crippen molar-refractivity contribution in [2.75, 3.05) is 26.2 Å². The average Bonchev–Trinajstić information content (AvgIpc) is 1.84. The SMILES string of the molecule is O=C(O)CN(CCO)CC(=O)O.[H-].[H-].[K+].[K+].